The maximum Gasteiger partial charge on any atom is 0.185 e. The maximum atomic E-state index is 10.6. The van der Waals surface area contributed by atoms with Crippen molar-refractivity contribution in [2.45, 2.75) is 13.3 Å². The molecule has 1 rings (SSSR count). The number of carbonyl (C=O) groups is 1. The summed E-state index contributed by atoms with van der Waals surface area (Å²) in [6.07, 6.45) is 0.685. The Morgan fingerprint density at radius 3 is 2.75 bits per heavy atom. The molecule has 0 saturated carbocycles. The largest absolute Gasteiger partial charge is 0.288 e. The monoisotopic (exact) mass is 272 g/mol. The van der Waals surface area contributed by atoms with Crippen molar-refractivity contribution in [1.29, 1.82) is 0 Å². The van der Waals surface area contributed by atoms with Gasteiger partial charge < -0.3 is 0 Å². The third-order valence-electron chi connectivity index (χ3n) is 1.68. The van der Waals surface area contributed by atoms with Gasteiger partial charge in [0.05, 0.1) is 10.0 Å². The lowest BCUT2D eigenvalue weighted by Crippen LogP contribution is -1.84. The standard InChI is InChI=1S/C12H10Cl2OS/c1-9(15)16-7-3-2-4-10-5-6-11(13)12(14)8-10/h5-6,8H,3,7H2,1H3. The first-order valence-electron chi connectivity index (χ1n) is 4.67. The lowest BCUT2D eigenvalue weighted by atomic mass is 10.2. The van der Waals surface area contributed by atoms with Crippen LogP contribution < -0.4 is 0 Å². The molecule has 0 saturated heterocycles. The van der Waals surface area contributed by atoms with Crippen molar-refractivity contribution in [2.24, 2.45) is 0 Å². The van der Waals surface area contributed by atoms with Crippen molar-refractivity contribution >= 4 is 40.1 Å². The van der Waals surface area contributed by atoms with E-state index in [-0.39, 0.29) is 5.12 Å². The van der Waals surface area contributed by atoms with E-state index < -0.39 is 0 Å². The van der Waals surface area contributed by atoms with Crippen LogP contribution in [0.25, 0.3) is 0 Å². The zero-order valence-electron chi connectivity index (χ0n) is 8.72. The van der Waals surface area contributed by atoms with E-state index in [1.54, 1.807) is 19.1 Å². The summed E-state index contributed by atoms with van der Waals surface area (Å²) in [6, 6.07) is 5.27. The summed E-state index contributed by atoms with van der Waals surface area (Å²) in [5.74, 6) is 6.67. The molecule has 0 unspecified atom stereocenters. The van der Waals surface area contributed by atoms with E-state index in [0.29, 0.717) is 16.5 Å². The molecular weight excluding hydrogens is 263 g/mol. The Bertz CT molecular complexity index is 446. The lowest BCUT2D eigenvalue weighted by Gasteiger charge is -1.95. The van der Waals surface area contributed by atoms with Crippen molar-refractivity contribution in [3.05, 3.63) is 33.8 Å². The average molecular weight is 273 g/mol. The molecule has 84 valence electrons. The molecule has 0 aromatic heterocycles. The van der Waals surface area contributed by atoms with E-state index >= 15 is 0 Å². The van der Waals surface area contributed by atoms with Crippen LogP contribution in [0.15, 0.2) is 18.2 Å². The predicted octanol–water partition coefficient (Wildman–Crippen LogP) is 4.01. The highest BCUT2D eigenvalue weighted by atomic mass is 35.5. The Morgan fingerprint density at radius 2 is 2.12 bits per heavy atom. The molecule has 0 N–H and O–H groups in total. The molecule has 0 atom stereocenters. The minimum atomic E-state index is 0.122. The molecule has 0 aliphatic carbocycles. The second-order valence-corrected chi connectivity index (χ2v) is 5.11. The second-order valence-electron chi connectivity index (χ2n) is 3.02. The summed E-state index contributed by atoms with van der Waals surface area (Å²) in [5.41, 5.74) is 0.835. The van der Waals surface area contributed by atoms with Crippen molar-refractivity contribution in [1.82, 2.24) is 0 Å². The first kappa shape index (κ1) is 13.4. The van der Waals surface area contributed by atoms with Crippen LogP contribution in [0.3, 0.4) is 0 Å². The Morgan fingerprint density at radius 1 is 1.38 bits per heavy atom. The number of hydrogen-bond donors (Lipinski definition) is 0. The number of carbonyl (C=O) groups excluding carboxylic acids is 1. The van der Waals surface area contributed by atoms with E-state index in [1.807, 2.05) is 6.07 Å². The van der Waals surface area contributed by atoms with Crippen LogP contribution in [-0.2, 0) is 4.79 Å². The van der Waals surface area contributed by atoms with Crippen LogP contribution >= 0.6 is 35.0 Å². The summed E-state index contributed by atoms with van der Waals surface area (Å²) in [7, 11) is 0. The summed E-state index contributed by atoms with van der Waals surface area (Å²) >= 11 is 12.9. The van der Waals surface area contributed by atoms with Gasteiger partial charge in [-0.05, 0) is 18.2 Å². The van der Waals surface area contributed by atoms with Crippen LogP contribution in [0.2, 0.25) is 10.0 Å². The average Bonchev–Trinajstić information content (AvgIpc) is 2.22. The summed E-state index contributed by atoms with van der Waals surface area (Å²) in [4.78, 5) is 10.6. The number of rotatable bonds is 2. The van der Waals surface area contributed by atoms with Gasteiger partial charge in [-0.3, -0.25) is 4.79 Å². The van der Waals surface area contributed by atoms with Crippen LogP contribution in [0.5, 0.6) is 0 Å². The van der Waals surface area contributed by atoms with Crippen molar-refractivity contribution in [2.75, 3.05) is 5.75 Å². The molecule has 0 spiro atoms. The molecule has 1 aromatic rings. The minimum Gasteiger partial charge on any atom is -0.288 e. The number of thioether (sulfide) groups is 1. The molecule has 0 amide bonds. The highest BCUT2D eigenvalue weighted by Crippen LogP contribution is 2.22. The molecular formula is C12H10Cl2OS. The zero-order valence-corrected chi connectivity index (χ0v) is 11.0. The molecule has 16 heavy (non-hydrogen) atoms. The fraction of sp³-hybridized carbons (Fsp3) is 0.250. The highest BCUT2D eigenvalue weighted by molar-refractivity contribution is 8.13. The lowest BCUT2D eigenvalue weighted by molar-refractivity contribution is -0.109. The molecule has 1 nitrogen and oxygen atoms in total. The van der Waals surface area contributed by atoms with Gasteiger partial charge in [0.2, 0.25) is 0 Å². The smallest absolute Gasteiger partial charge is 0.185 e. The van der Waals surface area contributed by atoms with Crippen molar-refractivity contribution in [3.8, 4) is 11.8 Å². The summed E-state index contributed by atoms with van der Waals surface area (Å²) in [6.45, 7) is 1.55. The number of halogens is 2. The van der Waals surface area contributed by atoms with Gasteiger partial charge in [0.25, 0.3) is 0 Å². The van der Waals surface area contributed by atoms with Crippen molar-refractivity contribution in [3.63, 3.8) is 0 Å². The first-order valence-corrected chi connectivity index (χ1v) is 6.41. The first-order chi connectivity index (χ1) is 7.59. The van der Waals surface area contributed by atoms with Gasteiger partial charge in [-0.1, -0.05) is 46.8 Å². The molecule has 0 heterocycles. The van der Waals surface area contributed by atoms with Gasteiger partial charge >= 0.3 is 0 Å². The molecule has 1 aromatic carbocycles. The third-order valence-corrected chi connectivity index (χ3v) is 3.24. The molecule has 0 aliphatic rings. The van der Waals surface area contributed by atoms with Crippen LogP contribution in [0.1, 0.15) is 18.9 Å². The summed E-state index contributed by atoms with van der Waals surface area (Å²) < 4.78 is 0. The second kappa shape index (κ2) is 6.85. The quantitative estimate of drug-likeness (QED) is 0.598. The van der Waals surface area contributed by atoms with E-state index in [4.69, 9.17) is 23.2 Å². The molecule has 0 bridgehead atoms. The third kappa shape index (κ3) is 4.94. The Hall–Kier alpha value is -0.620. The van der Waals surface area contributed by atoms with Crippen LogP contribution in [0, 0.1) is 11.8 Å². The van der Waals surface area contributed by atoms with E-state index in [1.165, 1.54) is 11.8 Å². The van der Waals surface area contributed by atoms with Crippen LogP contribution in [0.4, 0.5) is 0 Å². The molecule has 4 heteroatoms. The van der Waals surface area contributed by atoms with Gasteiger partial charge in [-0.25, -0.2) is 0 Å². The maximum absolute atomic E-state index is 10.6. The van der Waals surface area contributed by atoms with Crippen molar-refractivity contribution < 1.29 is 4.79 Å². The Balaban J connectivity index is 2.50. The zero-order chi connectivity index (χ0) is 12.0. The molecule has 0 radical (unpaired) electrons. The number of hydrogen-bond acceptors (Lipinski definition) is 2. The predicted molar refractivity (Wildman–Crippen MR) is 71.1 cm³/mol. The molecule has 0 aliphatic heterocycles. The van der Waals surface area contributed by atoms with Gasteiger partial charge in [0.15, 0.2) is 5.12 Å². The Labute approximate surface area is 110 Å². The molecule has 0 fully saturated rings. The minimum absolute atomic E-state index is 0.122. The van der Waals surface area contributed by atoms with E-state index in [2.05, 4.69) is 11.8 Å². The summed E-state index contributed by atoms with van der Waals surface area (Å²) in [5, 5.41) is 1.15. The van der Waals surface area contributed by atoms with Gasteiger partial charge in [0.1, 0.15) is 0 Å². The van der Waals surface area contributed by atoms with E-state index in [9.17, 15) is 4.79 Å². The highest BCUT2D eigenvalue weighted by Gasteiger charge is 1.96. The SMILES string of the molecule is CC(=O)SCCC#Cc1ccc(Cl)c(Cl)c1. The topological polar surface area (TPSA) is 17.1 Å². The fourth-order valence-electron chi connectivity index (χ4n) is 0.984. The van der Waals surface area contributed by atoms with E-state index in [0.717, 1.165) is 11.3 Å². The van der Waals surface area contributed by atoms with Gasteiger partial charge in [0, 0.05) is 24.7 Å². The van der Waals surface area contributed by atoms with Gasteiger partial charge in [-0.15, -0.1) is 0 Å². The normalized spacial score (nSPS) is 9.44. The van der Waals surface area contributed by atoms with Gasteiger partial charge in [-0.2, -0.15) is 0 Å². The van der Waals surface area contributed by atoms with Crippen LogP contribution in [-0.4, -0.2) is 10.9 Å². The Kier molecular flexibility index (Phi) is 5.76. The number of benzene rings is 1. The fourth-order valence-corrected chi connectivity index (χ4v) is 1.77.